The molecule has 1 aromatic heterocycles. The highest BCUT2D eigenvalue weighted by Crippen LogP contribution is 2.43. The quantitative estimate of drug-likeness (QED) is 0.782. The molecule has 1 saturated carbocycles. The zero-order valence-corrected chi connectivity index (χ0v) is 9.05. The van der Waals surface area contributed by atoms with Gasteiger partial charge in [-0.2, -0.15) is 0 Å². The van der Waals surface area contributed by atoms with Crippen LogP contribution in [0.4, 0.5) is 0 Å². The van der Waals surface area contributed by atoms with Gasteiger partial charge in [-0.25, -0.2) is 10.5 Å². The van der Waals surface area contributed by atoms with Crippen molar-refractivity contribution in [2.24, 2.45) is 0 Å². The van der Waals surface area contributed by atoms with Gasteiger partial charge in [-0.1, -0.05) is 6.07 Å². The van der Waals surface area contributed by atoms with Crippen LogP contribution in [0, 0.1) is 0 Å². The summed E-state index contributed by atoms with van der Waals surface area (Å²) in [4.78, 5) is 4.61. The minimum atomic E-state index is 0.493. The van der Waals surface area contributed by atoms with E-state index in [9.17, 15) is 0 Å². The van der Waals surface area contributed by atoms with Gasteiger partial charge >= 0.3 is 0 Å². The molecule has 0 bridgehead atoms. The van der Waals surface area contributed by atoms with Crippen molar-refractivity contribution in [1.29, 1.82) is 0 Å². The summed E-state index contributed by atoms with van der Waals surface area (Å²) in [6.45, 7) is 0.493. The maximum absolute atomic E-state index is 8.63. The third-order valence-corrected chi connectivity index (χ3v) is 3.86. The lowest BCUT2D eigenvalue weighted by atomic mass is 10.2. The van der Waals surface area contributed by atoms with Crippen LogP contribution in [0.15, 0.2) is 18.2 Å². The van der Waals surface area contributed by atoms with Crippen molar-refractivity contribution >= 4 is 21.6 Å². The van der Waals surface area contributed by atoms with Crippen LogP contribution in [0.2, 0.25) is 0 Å². The second-order valence-electron chi connectivity index (χ2n) is 3.96. The van der Waals surface area contributed by atoms with Crippen molar-refractivity contribution in [3.8, 4) is 0 Å². The monoisotopic (exact) mass is 220 g/mol. The Labute approximate surface area is 91.7 Å². The summed E-state index contributed by atoms with van der Waals surface area (Å²) in [7, 11) is 0. The summed E-state index contributed by atoms with van der Waals surface area (Å²) in [6.07, 6.45) is 2.59. The second-order valence-corrected chi connectivity index (χ2v) is 5.03. The molecule has 78 valence electrons. The normalized spacial score (nSPS) is 16.1. The number of thiazole rings is 1. The van der Waals surface area contributed by atoms with Crippen molar-refractivity contribution in [3.05, 3.63) is 28.8 Å². The lowest BCUT2D eigenvalue weighted by Gasteiger charge is -1.97. The molecule has 1 heterocycles. The second kappa shape index (κ2) is 3.56. The highest BCUT2D eigenvalue weighted by atomic mass is 32.1. The third-order valence-electron chi connectivity index (χ3n) is 2.68. The molecule has 1 aromatic carbocycles. The van der Waals surface area contributed by atoms with Gasteiger partial charge in [0.1, 0.15) is 0 Å². The van der Waals surface area contributed by atoms with Crippen molar-refractivity contribution in [2.45, 2.75) is 25.3 Å². The minimum absolute atomic E-state index is 0.493. The summed E-state index contributed by atoms with van der Waals surface area (Å²) in [5.41, 5.74) is 4.35. The van der Waals surface area contributed by atoms with Crippen molar-refractivity contribution in [1.82, 2.24) is 10.5 Å². The third kappa shape index (κ3) is 1.76. The van der Waals surface area contributed by atoms with Crippen LogP contribution in [0.3, 0.4) is 0 Å². The molecule has 0 aliphatic heterocycles. The Hall–Kier alpha value is -0.970. The van der Waals surface area contributed by atoms with E-state index in [1.54, 1.807) is 11.3 Å². The van der Waals surface area contributed by atoms with Crippen LogP contribution in [-0.2, 0) is 6.54 Å². The Morgan fingerprint density at radius 2 is 2.33 bits per heavy atom. The van der Waals surface area contributed by atoms with Crippen molar-refractivity contribution < 1.29 is 5.21 Å². The molecule has 0 amide bonds. The van der Waals surface area contributed by atoms with E-state index >= 15 is 0 Å². The number of rotatable bonds is 3. The van der Waals surface area contributed by atoms with E-state index in [1.165, 1.54) is 22.5 Å². The molecule has 2 N–H and O–H groups in total. The summed E-state index contributed by atoms with van der Waals surface area (Å²) >= 11 is 1.79. The predicted molar refractivity (Wildman–Crippen MR) is 60.2 cm³/mol. The Bertz CT molecular complexity index is 490. The van der Waals surface area contributed by atoms with Crippen LogP contribution in [-0.4, -0.2) is 10.2 Å². The highest BCUT2D eigenvalue weighted by molar-refractivity contribution is 7.18. The molecule has 0 unspecified atom stereocenters. The van der Waals surface area contributed by atoms with Crippen molar-refractivity contribution in [2.75, 3.05) is 0 Å². The lowest BCUT2D eigenvalue weighted by molar-refractivity contribution is 0.161. The van der Waals surface area contributed by atoms with Crippen LogP contribution >= 0.6 is 11.3 Å². The maximum atomic E-state index is 8.63. The Morgan fingerprint density at radius 1 is 1.47 bits per heavy atom. The average Bonchev–Trinajstić information content (AvgIpc) is 2.99. The molecule has 0 saturated heterocycles. The number of benzene rings is 1. The van der Waals surface area contributed by atoms with Crippen molar-refractivity contribution in [3.63, 3.8) is 0 Å². The van der Waals surface area contributed by atoms with Gasteiger partial charge in [0.2, 0.25) is 0 Å². The first-order chi connectivity index (χ1) is 7.36. The van der Waals surface area contributed by atoms with Gasteiger partial charge in [0, 0.05) is 12.5 Å². The number of hydroxylamine groups is 1. The lowest BCUT2D eigenvalue weighted by Crippen LogP contribution is -2.05. The summed E-state index contributed by atoms with van der Waals surface area (Å²) in [5.74, 6) is 0.724. The zero-order valence-electron chi connectivity index (χ0n) is 8.23. The van der Waals surface area contributed by atoms with E-state index in [0.717, 1.165) is 17.0 Å². The van der Waals surface area contributed by atoms with Gasteiger partial charge in [0.05, 0.1) is 15.2 Å². The molecule has 0 radical (unpaired) electrons. The number of nitrogens with one attached hydrogen (secondary N) is 1. The first-order valence-electron chi connectivity index (χ1n) is 5.13. The van der Waals surface area contributed by atoms with Gasteiger partial charge in [-0.05, 0) is 30.5 Å². The minimum Gasteiger partial charge on any atom is -0.316 e. The predicted octanol–water partition coefficient (Wildman–Crippen LogP) is 2.65. The smallest absolute Gasteiger partial charge is 0.0969 e. The number of hydrogen-bond donors (Lipinski definition) is 2. The Kier molecular flexibility index (Phi) is 2.20. The SMILES string of the molecule is ONCc1ccc2nc(C3CC3)sc2c1. The average molecular weight is 220 g/mol. The molecule has 1 fully saturated rings. The number of nitrogens with zero attached hydrogens (tertiary/aromatic N) is 1. The first-order valence-corrected chi connectivity index (χ1v) is 5.95. The number of aromatic nitrogens is 1. The molecule has 1 aliphatic rings. The summed E-state index contributed by atoms with van der Waals surface area (Å²) in [6, 6.07) is 6.13. The molecule has 15 heavy (non-hydrogen) atoms. The first kappa shape index (κ1) is 9.27. The molecular weight excluding hydrogens is 208 g/mol. The number of hydrogen-bond acceptors (Lipinski definition) is 4. The van der Waals surface area contributed by atoms with Crippen LogP contribution < -0.4 is 5.48 Å². The van der Waals surface area contributed by atoms with E-state index in [-0.39, 0.29) is 0 Å². The molecule has 2 aromatic rings. The van der Waals surface area contributed by atoms with E-state index in [2.05, 4.69) is 16.5 Å². The van der Waals surface area contributed by atoms with Crippen LogP contribution in [0.5, 0.6) is 0 Å². The molecule has 0 atom stereocenters. The Morgan fingerprint density at radius 3 is 3.07 bits per heavy atom. The van der Waals surface area contributed by atoms with Gasteiger partial charge in [0.15, 0.2) is 0 Å². The Balaban J connectivity index is 2.02. The van der Waals surface area contributed by atoms with Crippen LogP contribution in [0.1, 0.15) is 29.3 Å². The maximum Gasteiger partial charge on any atom is 0.0969 e. The van der Waals surface area contributed by atoms with Gasteiger partial charge < -0.3 is 5.21 Å². The van der Waals surface area contributed by atoms with E-state index in [1.807, 2.05) is 12.1 Å². The summed E-state index contributed by atoms with van der Waals surface area (Å²) < 4.78 is 1.23. The molecule has 0 spiro atoms. The topological polar surface area (TPSA) is 45.1 Å². The fraction of sp³-hybridized carbons (Fsp3) is 0.364. The van der Waals surface area contributed by atoms with Gasteiger partial charge in [-0.3, -0.25) is 0 Å². The fourth-order valence-corrected chi connectivity index (χ4v) is 2.89. The van der Waals surface area contributed by atoms with Gasteiger partial charge in [0.25, 0.3) is 0 Å². The molecule has 1 aliphatic carbocycles. The standard InChI is InChI=1S/C11H12N2OS/c14-12-6-7-1-4-9-10(5-7)15-11(13-9)8-2-3-8/h1,4-5,8,12,14H,2-3,6H2. The largest absolute Gasteiger partial charge is 0.316 e. The van der Waals surface area contributed by atoms with Crippen LogP contribution in [0.25, 0.3) is 10.2 Å². The highest BCUT2D eigenvalue weighted by Gasteiger charge is 2.26. The molecule has 3 rings (SSSR count). The summed E-state index contributed by atoms with van der Waals surface area (Å²) in [5, 5.41) is 9.91. The van der Waals surface area contributed by atoms with E-state index < -0.39 is 0 Å². The van der Waals surface area contributed by atoms with E-state index in [0.29, 0.717) is 6.54 Å². The number of fused-ring (bicyclic) bond motifs is 1. The molecule has 4 heteroatoms. The molecular formula is C11H12N2OS. The van der Waals surface area contributed by atoms with E-state index in [4.69, 9.17) is 5.21 Å². The van der Waals surface area contributed by atoms with Gasteiger partial charge in [-0.15, -0.1) is 11.3 Å². The zero-order chi connectivity index (χ0) is 10.3. The molecule has 3 nitrogen and oxygen atoms in total. The fourth-order valence-electron chi connectivity index (χ4n) is 1.69.